The summed E-state index contributed by atoms with van der Waals surface area (Å²) in [6.45, 7) is 20.6. The Morgan fingerprint density at radius 1 is 1.04 bits per heavy atom. The van der Waals surface area contributed by atoms with Crippen LogP contribution in [0.5, 0.6) is 0 Å². The van der Waals surface area contributed by atoms with Gasteiger partial charge >= 0.3 is 0 Å². The molecule has 5 nitrogen and oxygen atoms in total. The van der Waals surface area contributed by atoms with Crippen LogP contribution >= 0.6 is 0 Å². The van der Waals surface area contributed by atoms with Crippen molar-refractivity contribution in [2.45, 2.75) is 99.3 Å². The fourth-order valence-corrected chi connectivity index (χ4v) is 2.03. The third-order valence-corrected chi connectivity index (χ3v) is 4.72. The number of hydrogen-bond donors (Lipinski definition) is 2. The van der Waals surface area contributed by atoms with E-state index in [-0.39, 0.29) is 36.3 Å². The molecule has 1 aliphatic heterocycles. The average molecular weight is 390 g/mol. The zero-order chi connectivity index (χ0) is 21.9. The molecule has 27 heavy (non-hydrogen) atoms. The summed E-state index contributed by atoms with van der Waals surface area (Å²) in [4.78, 5) is 0. The minimum absolute atomic E-state index is 0.0505. The summed E-state index contributed by atoms with van der Waals surface area (Å²) in [6.07, 6.45) is 3.33. The van der Waals surface area contributed by atoms with E-state index in [1.54, 1.807) is 6.92 Å². The summed E-state index contributed by atoms with van der Waals surface area (Å²) in [5.41, 5.74) is -0.00729. The zero-order valence-electron chi connectivity index (χ0n) is 19.5. The van der Waals surface area contributed by atoms with Gasteiger partial charge in [-0.2, -0.15) is 0 Å². The van der Waals surface area contributed by atoms with Crippen molar-refractivity contribution in [3.05, 3.63) is 0 Å². The van der Waals surface area contributed by atoms with Gasteiger partial charge in [0.15, 0.2) is 0 Å². The number of aliphatic hydroxyl groups is 2. The molecular weight excluding hydrogens is 343 g/mol. The van der Waals surface area contributed by atoms with Gasteiger partial charge in [-0.15, -0.1) is 0 Å². The molecule has 1 aliphatic rings. The van der Waals surface area contributed by atoms with Gasteiger partial charge in [0.05, 0.1) is 31.5 Å². The van der Waals surface area contributed by atoms with E-state index in [1.807, 2.05) is 20.8 Å². The Labute approximate surface area is 170 Å². The van der Waals surface area contributed by atoms with Crippen molar-refractivity contribution in [2.24, 2.45) is 5.41 Å². The van der Waals surface area contributed by atoms with Gasteiger partial charge in [0.2, 0.25) is 0 Å². The smallest absolute Gasteiger partial charge is 0.109 e. The molecule has 0 spiro atoms. The first-order valence-electron chi connectivity index (χ1n) is 10.5. The molecule has 1 rings (SSSR count). The predicted octanol–water partition coefficient (Wildman–Crippen LogP) is 3.93. The molecule has 1 fully saturated rings. The fourth-order valence-electron chi connectivity index (χ4n) is 2.03. The highest BCUT2D eigenvalue weighted by atomic mass is 16.5. The van der Waals surface area contributed by atoms with E-state index in [9.17, 15) is 0 Å². The lowest BCUT2D eigenvalue weighted by molar-refractivity contribution is -0.107. The van der Waals surface area contributed by atoms with E-state index in [4.69, 9.17) is 32.3 Å². The SMILES string of the molecule is CC.CCC(C)(C)C(C)(C)OCCO.CCO.[B]C1CCC(COCC)O1. The summed E-state index contributed by atoms with van der Waals surface area (Å²) < 4.78 is 16.1. The van der Waals surface area contributed by atoms with Crippen molar-refractivity contribution >= 4 is 7.85 Å². The second-order valence-electron chi connectivity index (χ2n) is 7.17. The molecular formula is C21H47BO5. The second-order valence-corrected chi connectivity index (χ2v) is 7.17. The Balaban J connectivity index is -0.000000347. The Morgan fingerprint density at radius 2 is 1.56 bits per heavy atom. The average Bonchev–Trinajstić information content (AvgIpc) is 3.06. The highest BCUT2D eigenvalue weighted by Gasteiger charge is 2.36. The van der Waals surface area contributed by atoms with E-state index >= 15 is 0 Å². The lowest BCUT2D eigenvalue weighted by atomic mass is 9.75. The summed E-state index contributed by atoms with van der Waals surface area (Å²) in [6, 6.07) is -0.0505. The molecule has 164 valence electrons. The Kier molecular flexibility index (Phi) is 22.4. The van der Waals surface area contributed by atoms with Crippen LogP contribution in [0.2, 0.25) is 0 Å². The number of hydrogen-bond acceptors (Lipinski definition) is 5. The van der Waals surface area contributed by atoms with Crippen LogP contribution in [-0.4, -0.2) is 68.8 Å². The highest BCUT2D eigenvalue weighted by Crippen LogP contribution is 2.36. The van der Waals surface area contributed by atoms with E-state index < -0.39 is 0 Å². The van der Waals surface area contributed by atoms with Crippen LogP contribution in [-0.2, 0) is 14.2 Å². The first-order chi connectivity index (χ1) is 12.6. The van der Waals surface area contributed by atoms with Crippen molar-refractivity contribution in [1.82, 2.24) is 0 Å². The molecule has 2 radical (unpaired) electrons. The van der Waals surface area contributed by atoms with Crippen LogP contribution in [0.25, 0.3) is 0 Å². The van der Waals surface area contributed by atoms with Crippen LogP contribution in [0.15, 0.2) is 0 Å². The third-order valence-electron chi connectivity index (χ3n) is 4.72. The molecule has 1 heterocycles. The zero-order valence-corrected chi connectivity index (χ0v) is 19.5. The maximum atomic E-state index is 8.64. The third kappa shape index (κ3) is 16.5. The molecule has 2 atom stereocenters. The molecule has 0 amide bonds. The van der Waals surface area contributed by atoms with Gasteiger partial charge in [0, 0.05) is 19.2 Å². The maximum Gasteiger partial charge on any atom is 0.109 e. The van der Waals surface area contributed by atoms with Crippen molar-refractivity contribution < 1.29 is 24.4 Å². The summed E-state index contributed by atoms with van der Waals surface area (Å²) in [5, 5.41) is 16.2. The van der Waals surface area contributed by atoms with E-state index in [0.717, 1.165) is 25.9 Å². The van der Waals surface area contributed by atoms with E-state index in [0.29, 0.717) is 13.2 Å². The quantitative estimate of drug-likeness (QED) is 0.615. The van der Waals surface area contributed by atoms with Crippen LogP contribution in [0, 0.1) is 5.41 Å². The Hall–Kier alpha value is -0.135. The van der Waals surface area contributed by atoms with Gasteiger partial charge < -0.3 is 24.4 Å². The molecule has 2 N–H and O–H groups in total. The molecule has 2 unspecified atom stereocenters. The first-order valence-corrected chi connectivity index (χ1v) is 10.5. The molecule has 0 aromatic heterocycles. The van der Waals surface area contributed by atoms with Gasteiger partial charge in [-0.05, 0) is 52.4 Å². The van der Waals surface area contributed by atoms with Crippen LogP contribution in [0.4, 0.5) is 0 Å². The summed E-state index contributed by atoms with van der Waals surface area (Å²) in [7, 11) is 5.52. The molecule has 6 heteroatoms. The number of ether oxygens (including phenoxy) is 3. The lowest BCUT2D eigenvalue weighted by Crippen LogP contribution is -2.41. The monoisotopic (exact) mass is 390 g/mol. The van der Waals surface area contributed by atoms with Gasteiger partial charge in [-0.3, -0.25) is 0 Å². The second kappa shape index (κ2) is 19.2. The standard InChI is InChI=1S/C10H22O2.C7H13BO2.C2H6O.C2H6/c1-6-9(2,3)10(4,5)12-8-7-11;1-2-9-5-6-3-4-7(8)10-6;1-2-3;1-2/h11H,6-8H2,1-5H3;6-7H,2-5H2,1H3;3H,2H2,1H3;1-2H3. The Bertz CT molecular complexity index is 298. The highest BCUT2D eigenvalue weighted by molar-refractivity contribution is 6.11. The number of rotatable bonds is 8. The van der Waals surface area contributed by atoms with Gasteiger partial charge in [-0.1, -0.05) is 34.6 Å². The molecule has 0 aromatic rings. The first kappa shape index (κ1) is 31.6. The minimum atomic E-state index is -0.162. The van der Waals surface area contributed by atoms with E-state index in [1.165, 1.54) is 0 Å². The van der Waals surface area contributed by atoms with Crippen molar-refractivity contribution in [2.75, 3.05) is 33.0 Å². The van der Waals surface area contributed by atoms with Gasteiger partial charge in [0.1, 0.15) is 7.85 Å². The van der Waals surface area contributed by atoms with Gasteiger partial charge in [-0.25, -0.2) is 0 Å². The van der Waals surface area contributed by atoms with Crippen LogP contribution in [0.1, 0.15) is 81.6 Å². The number of aliphatic hydroxyl groups excluding tert-OH is 2. The molecule has 0 saturated carbocycles. The fraction of sp³-hybridized carbons (Fsp3) is 1.00. The largest absolute Gasteiger partial charge is 0.397 e. The molecule has 0 aliphatic carbocycles. The van der Waals surface area contributed by atoms with Crippen LogP contribution in [0.3, 0.4) is 0 Å². The van der Waals surface area contributed by atoms with Gasteiger partial charge in [0.25, 0.3) is 0 Å². The normalized spacial score (nSPS) is 19.1. The molecule has 0 aromatic carbocycles. The minimum Gasteiger partial charge on any atom is -0.397 e. The van der Waals surface area contributed by atoms with E-state index in [2.05, 4.69) is 34.6 Å². The predicted molar refractivity (Wildman–Crippen MR) is 115 cm³/mol. The lowest BCUT2D eigenvalue weighted by Gasteiger charge is -2.40. The van der Waals surface area contributed by atoms with Crippen molar-refractivity contribution in [1.29, 1.82) is 0 Å². The van der Waals surface area contributed by atoms with Crippen LogP contribution < -0.4 is 0 Å². The maximum absolute atomic E-state index is 8.64. The van der Waals surface area contributed by atoms with Crippen molar-refractivity contribution in [3.8, 4) is 0 Å². The topological polar surface area (TPSA) is 68.2 Å². The summed E-state index contributed by atoms with van der Waals surface area (Å²) in [5.74, 6) is 0. The molecule has 0 bridgehead atoms. The molecule has 1 saturated heterocycles. The Morgan fingerprint density at radius 3 is 1.89 bits per heavy atom. The summed E-state index contributed by atoms with van der Waals surface area (Å²) >= 11 is 0. The van der Waals surface area contributed by atoms with Crippen molar-refractivity contribution in [3.63, 3.8) is 0 Å².